The number of amides is 5. The molecule has 0 spiro atoms. The van der Waals surface area contributed by atoms with E-state index in [0.29, 0.717) is 12.8 Å². The van der Waals surface area contributed by atoms with Crippen LogP contribution in [0.2, 0.25) is 0 Å². The number of nitrogens with one attached hydrogen (secondary N) is 4. The number of carbonyl (C=O) groups is 5. The minimum absolute atomic E-state index is 0.165. The predicted molar refractivity (Wildman–Crippen MR) is 146 cm³/mol. The average Bonchev–Trinajstić information content (AvgIpc) is 3.45. The van der Waals surface area contributed by atoms with Crippen LogP contribution in [0.4, 0.5) is 0 Å². The SMILES string of the molecule is CC(C)[C@@H]1NC(=O)[C@@H](C)N(C(=O)[C@@H]2CCCN2)CCCNC(=O)[C@H](Cc2ccccc2)NC(=O)CN(C)C1=O. The molecule has 1 aromatic carbocycles. The first-order chi connectivity index (χ1) is 18.6. The topological polar surface area (TPSA) is 140 Å². The van der Waals surface area contributed by atoms with Gasteiger partial charge in [-0.1, -0.05) is 44.2 Å². The number of rotatable bonds is 4. The first-order valence-corrected chi connectivity index (χ1v) is 13.8. The lowest BCUT2D eigenvalue weighted by Crippen LogP contribution is -2.59. The summed E-state index contributed by atoms with van der Waals surface area (Å²) in [6.07, 6.45) is 2.28. The molecule has 0 unspecified atom stereocenters. The fourth-order valence-electron chi connectivity index (χ4n) is 4.93. The van der Waals surface area contributed by atoms with Gasteiger partial charge in [-0.15, -0.1) is 0 Å². The Hall–Kier alpha value is -3.47. The average molecular weight is 543 g/mol. The van der Waals surface area contributed by atoms with E-state index in [4.69, 9.17) is 0 Å². The molecule has 4 N–H and O–H groups in total. The second-order valence-electron chi connectivity index (χ2n) is 10.7. The molecule has 0 radical (unpaired) electrons. The third-order valence-corrected chi connectivity index (χ3v) is 7.29. The number of benzene rings is 1. The molecule has 2 saturated heterocycles. The summed E-state index contributed by atoms with van der Waals surface area (Å²) in [5.74, 6) is -2.11. The zero-order valence-corrected chi connectivity index (χ0v) is 23.4. The lowest BCUT2D eigenvalue weighted by atomic mass is 10.0. The van der Waals surface area contributed by atoms with Crippen LogP contribution in [0.15, 0.2) is 30.3 Å². The number of hydrogen-bond acceptors (Lipinski definition) is 6. The Balaban J connectivity index is 1.86. The van der Waals surface area contributed by atoms with Gasteiger partial charge in [0.1, 0.15) is 18.1 Å². The van der Waals surface area contributed by atoms with E-state index in [1.165, 1.54) is 16.8 Å². The number of hydrogen-bond donors (Lipinski definition) is 4. The van der Waals surface area contributed by atoms with Crippen molar-refractivity contribution in [2.24, 2.45) is 5.92 Å². The Morgan fingerprint density at radius 1 is 1.00 bits per heavy atom. The molecule has 2 fully saturated rings. The van der Waals surface area contributed by atoms with Gasteiger partial charge in [0.2, 0.25) is 29.5 Å². The van der Waals surface area contributed by atoms with Crippen molar-refractivity contribution in [3.63, 3.8) is 0 Å². The van der Waals surface area contributed by atoms with Crippen molar-refractivity contribution in [2.75, 3.05) is 33.2 Å². The van der Waals surface area contributed by atoms with E-state index >= 15 is 0 Å². The summed E-state index contributed by atoms with van der Waals surface area (Å²) in [5.41, 5.74) is 0.883. The lowest BCUT2D eigenvalue weighted by molar-refractivity contribution is -0.144. The highest BCUT2D eigenvalue weighted by Crippen LogP contribution is 2.14. The van der Waals surface area contributed by atoms with Crippen LogP contribution < -0.4 is 21.3 Å². The minimum atomic E-state index is -0.879. The first kappa shape index (κ1) is 30.1. The molecule has 2 aliphatic rings. The molecule has 214 valence electrons. The van der Waals surface area contributed by atoms with Crippen LogP contribution in [0, 0.1) is 5.92 Å². The predicted octanol–water partition coefficient (Wildman–Crippen LogP) is -0.198. The molecule has 11 heteroatoms. The highest BCUT2D eigenvalue weighted by molar-refractivity contribution is 5.95. The third kappa shape index (κ3) is 8.26. The molecule has 0 bridgehead atoms. The number of carbonyl (C=O) groups excluding carboxylic acids is 5. The van der Waals surface area contributed by atoms with E-state index < -0.39 is 35.8 Å². The Labute approximate surface area is 230 Å². The molecule has 2 aliphatic heterocycles. The molecule has 2 heterocycles. The van der Waals surface area contributed by atoms with Crippen molar-refractivity contribution >= 4 is 29.5 Å². The number of nitrogens with zero attached hydrogens (tertiary/aromatic N) is 2. The van der Waals surface area contributed by atoms with Crippen molar-refractivity contribution in [2.45, 2.75) is 70.6 Å². The zero-order valence-electron chi connectivity index (χ0n) is 23.4. The van der Waals surface area contributed by atoms with Crippen molar-refractivity contribution in [1.29, 1.82) is 0 Å². The largest absolute Gasteiger partial charge is 0.354 e. The fourth-order valence-corrected chi connectivity index (χ4v) is 4.93. The van der Waals surface area contributed by atoms with Gasteiger partial charge in [-0.25, -0.2) is 0 Å². The highest BCUT2D eigenvalue weighted by Gasteiger charge is 2.35. The van der Waals surface area contributed by atoms with Crippen LogP contribution in [-0.2, 0) is 30.4 Å². The van der Waals surface area contributed by atoms with E-state index in [1.54, 1.807) is 6.92 Å². The Morgan fingerprint density at radius 3 is 2.36 bits per heavy atom. The molecule has 0 aliphatic carbocycles. The molecule has 4 atom stereocenters. The molecule has 1 aromatic rings. The summed E-state index contributed by atoms with van der Waals surface area (Å²) >= 11 is 0. The van der Waals surface area contributed by atoms with Gasteiger partial charge in [-0.3, -0.25) is 24.0 Å². The summed E-state index contributed by atoms with van der Waals surface area (Å²) in [7, 11) is 1.49. The van der Waals surface area contributed by atoms with Gasteiger partial charge in [0.15, 0.2) is 0 Å². The lowest BCUT2D eigenvalue weighted by Gasteiger charge is -2.33. The Kier molecular flexibility index (Phi) is 10.8. The summed E-state index contributed by atoms with van der Waals surface area (Å²) in [6.45, 7) is 6.26. The second kappa shape index (κ2) is 14.1. The van der Waals surface area contributed by atoms with Gasteiger partial charge in [-0.05, 0) is 44.2 Å². The van der Waals surface area contributed by atoms with E-state index in [-0.39, 0.29) is 49.8 Å². The van der Waals surface area contributed by atoms with Crippen molar-refractivity contribution in [3.05, 3.63) is 35.9 Å². The van der Waals surface area contributed by atoms with E-state index in [0.717, 1.165) is 18.5 Å². The van der Waals surface area contributed by atoms with Gasteiger partial charge in [0, 0.05) is 26.6 Å². The summed E-state index contributed by atoms with van der Waals surface area (Å²) in [4.78, 5) is 68.7. The van der Waals surface area contributed by atoms with Crippen LogP contribution in [0.3, 0.4) is 0 Å². The van der Waals surface area contributed by atoms with Crippen LogP contribution in [0.5, 0.6) is 0 Å². The third-order valence-electron chi connectivity index (χ3n) is 7.29. The number of likely N-dealkylation sites (N-methyl/N-ethyl adjacent to an activating group) is 1. The maximum absolute atomic E-state index is 13.4. The van der Waals surface area contributed by atoms with Crippen LogP contribution >= 0.6 is 0 Å². The van der Waals surface area contributed by atoms with Crippen LogP contribution in [0.1, 0.15) is 45.6 Å². The highest BCUT2D eigenvalue weighted by atomic mass is 16.2. The first-order valence-electron chi connectivity index (χ1n) is 13.8. The molecular weight excluding hydrogens is 500 g/mol. The standard InChI is InChI=1S/C28H42N6O5/c1-18(2)24-28(39)33(4)17-23(35)31-22(16-20-10-6-5-7-11-20)26(37)30-14-9-15-34(19(3)25(36)32-24)27(38)21-12-8-13-29-21/h5-7,10-11,18-19,21-22,24,29H,8-9,12-17H2,1-4H3,(H,30,37)(H,31,35)(H,32,36)/t19-,21+,22+,24+/m1/s1. The molecular formula is C28H42N6O5. The fraction of sp³-hybridized carbons (Fsp3) is 0.607. The molecule has 0 saturated carbocycles. The van der Waals surface area contributed by atoms with Crippen LogP contribution in [-0.4, -0.2) is 96.7 Å². The normalized spacial score (nSPS) is 26.3. The molecule has 39 heavy (non-hydrogen) atoms. The van der Waals surface area contributed by atoms with E-state index in [2.05, 4.69) is 21.3 Å². The van der Waals surface area contributed by atoms with E-state index in [1.807, 2.05) is 44.2 Å². The molecule has 5 amide bonds. The van der Waals surface area contributed by atoms with Gasteiger partial charge in [0.25, 0.3) is 0 Å². The smallest absolute Gasteiger partial charge is 0.245 e. The van der Waals surface area contributed by atoms with Crippen molar-refractivity contribution < 1.29 is 24.0 Å². The maximum atomic E-state index is 13.4. The zero-order chi connectivity index (χ0) is 28.5. The van der Waals surface area contributed by atoms with E-state index in [9.17, 15) is 24.0 Å². The van der Waals surface area contributed by atoms with Gasteiger partial charge in [0.05, 0.1) is 12.6 Å². The Morgan fingerprint density at radius 2 is 1.72 bits per heavy atom. The van der Waals surface area contributed by atoms with Gasteiger partial charge in [-0.2, -0.15) is 0 Å². The monoisotopic (exact) mass is 542 g/mol. The van der Waals surface area contributed by atoms with Gasteiger partial charge < -0.3 is 31.1 Å². The molecule has 3 rings (SSSR count). The van der Waals surface area contributed by atoms with Crippen LogP contribution in [0.25, 0.3) is 0 Å². The molecule has 11 nitrogen and oxygen atoms in total. The minimum Gasteiger partial charge on any atom is -0.354 e. The van der Waals surface area contributed by atoms with Crippen molar-refractivity contribution in [3.8, 4) is 0 Å². The summed E-state index contributed by atoms with van der Waals surface area (Å²) in [6, 6.07) is 6.47. The summed E-state index contributed by atoms with van der Waals surface area (Å²) in [5, 5.41) is 11.6. The quantitative estimate of drug-likeness (QED) is 0.416. The second-order valence-corrected chi connectivity index (χ2v) is 10.7. The maximum Gasteiger partial charge on any atom is 0.245 e. The Bertz CT molecular complexity index is 1030. The van der Waals surface area contributed by atoms with Gasteiger partial charge >= 0.3 is 0 Å². The van der Waals surface area contributed by atoms with Crippen molar-refractivity contribution in [1.82, 2.24) is 31.1 Å². The summed E-state index contributed by atoms with van der Waals surface area (Å²) < 4.78 is 0. The molecule has 0 aromatic heterocycles.